The highest BCUT2D eigenvalue weighted by Gasteiger charge is 2.24. The maximum atomic E-state index is 12.8. The van der Waals surface area contributed by atoms with Crippen molar-refractivity contribution < 1.29 is 9.59 Å². The fraction of sp³-hybridized carbons (Fsp3) is 0.292. The van der Waals surface area contributed by atoms with Crippen LogP contribution in [0, 0.1) is 0 Å². The zero-order valence-electron chi connectivity index (χ0n) is 16.7. The van der Waals surface area contributed by atoms with E-state index in [1.54, 1.807) is 6.20 Å². The molecule has 0 bridgehead atoms. The first-order chi connectivity index (χ1) is 14.2. The van der Waals surface area contributed by atoms with Crippen LogP contribution in [-0.4, -0.2) is 52.8 Å². The molecule has 0 unspecified atom stereocenters. The van der Waals surface area contributed by atoms with Crippen LogP contribution in [0.3, 0.4) is 0 Å². The highest BCUT2D eigenvalue weighted by atomic mass is 16.2. The molecule has 1 aliphatic rings. The quantitative estimate of drug-likeness (QED) is 0.680. The van der Waals surface area contributed by atoms with E-state index in [9.17, 15) is 9.59 Å². The number of fused-ring (bicyclic) bond motifs is 1. The van der Waals surface area contributed by atoms with Gasteiger partial charge in [-0.15, -0.1) is 0 Å². The van der Waals surface area contributed by atoms with Crippen LogP contribution in [0.2, 0.25) is 0 Å². The molecule has 148 valence electrons. The van der Waals surface area contributed by atoms with E-state index in [0.717, 1.165) is 28.3 Å². The summed E-state index contributed by atoms with van der Waals surface area (Å²) < 4.78 is 0. The SMILES string of the molecule is CCCC(=O)N1CCN(C(=O)c2ccc(-c3ccc4cnccc4c3)cc2)CC1. The van der Waals surface area contributed by atoms with Gasteiger partial charge in [0.2, 0.25) is 5.91 Å². The normalized spacial score (nSPS) is 14.2. The van der Waals surface area contributed by atoms with Crippen LogP contribution in [0.1, 0.15) is 30.1 Å². The summed E-state index contributed by atoms with van der Waals surface area (Å²) in [6.45, 7) is 4.43. The van der Waals surface area contributed by atoms with Crippen LogP contribution >= 0.6 is 0 Å². The summed E-state index contributed by atoms with van der Waals surface area (Å²) >= 11 is 0. The number of piperazine rings is 1. The molecule has 0 spiro atoms. The molecule has 4 rings (SSSR count). The van der Waals surface area contributed by atoms with Gasteiger partial charge < -0.3 is 9.80 Å². The van der Waals surface area contributed by atoms with Crippen LogP contribution in [0.15, 0.2) is 60.9 Å². The minimum Gasteiger partial charge on any atom is -0.339 e. The highest BCUT2D eigenvalue weighted by molar-refractivity contribution is 5.95. The lowest BCUT2D eigenvalue weighted by Crippen LogP contribution is -2.50. The van der Waals surface area contributed by atoms with E-state index in [1.165, 1.54) is 0 Å². The topological polar surface area (TPSA) is 53.5 Å². The van der Waals surface area contributed by atoms with Crippen molar-refractivity contribution in [3.05, 3.63) is 66.5 Å². The summed E-state index contributed by atoms with van der Waals surface area (Å²) in [6, 6.07) is 16.1. The number of nitrogens with zero attached hydrogens (tertiary/aromatic N) is 3. The Labute approximate surface area is 171 Å². The van der Waals surface area contributed by atoms with Crippen molar-refractivity contribution in [1.29, 1.82) is 0 Å². The van der Waals surface area contributed by atoms with Gasteiger partial charge in [-0.25, -0.2) is 0 Å². The lowest BCUT2D eigenvalue weighted by molar-refractivity contribution is -0.132. The maximum absolute atomic E-state index is 12.8. The van der Waals surface area contributed by atoms with Crippen LogP contribution in [0.25, 0.3) is 21.9 Å². The highest BCUT2D eigenvalue weighted by Crippen LogP contribution is 2.24. The second-order valence-electron chi connectivity index (χ2n) is 7.44. The van der Waals surface area contributed by atoms with E-state index in [0.29, 0.717) is 38.2 Å². The standard InChI is InChI=1S/C24H25N3O2/c1-2-3-23(28)26-12-14-27(15-13-26)24(29)19-6-4-18(5-7-19)20-8-9-22-17-25-11-10-21(22)16-20/h4-11,16-17H,2-3,12-15H2,1H3. The molecule has 0 atom stereocenters. The van der Waals surface area contributed by atoms with Crippen molar-refractivity contribution in [2.75, 3.05) is 26.2 Å². The van der Waals surface area contributed by atoms with Crippen molar-refractivity contribution >= 4 is 22.6 Å². The monoisotopic (exact) mass is 387 g/mol. The minimum atomic E-state index is 0.0312. The van der Waals surface area contributed by atoms with E-state index >= 15 is 0 Å². The molecular formula is C24H25N3O2. The molecule has 2 aromatic carbocycles. The molecule has 29 heavy (non-hydrogen) atoms. The number of pyridine rings is 1. The molecule has 0 N–H and O–H groups in total. The number of hydrogen-bond donors (Lipinski definition) is 0. The maximum Gasteiger partial charge on any atom is 0.253 e. The van der Waals surface area contributed by atoms with Crippen molar-refractivity contribution in [3.63, 3.8) is 0 Å². The fourth-order valence-electron chi connectivity index (χ4n) is 3.78. The van der Waals surface area contributed by atoms with Crippen LogP contribution in [0.4, 0.5) is 0 Å². The molecule has 1 saturated heterocycles. The summed E-state index contributed by atoms with van der Waals surface area (Å²) in [6.07, 6.45) is 5.10. The molecule has 1 aliphatic heterocycles. The third-order valence-corrected chi connectivity index (χ3v) is 5.49. The summed E-state index contributed by atoms with van der Waals surface area (Å²) in [5, 5.41) is 2.26. The van der Waals surface area contributed by atoms with Gasteiger partial charge in [0, 0.05) is 55.9 Å². The van der Waals surface area contributed by atoms with Crippen molar-refractivity contribution in [2.24, 2.45) is 0 Å². The first kappa shape index (κ1) is 19.1. The van der Waals surface area contributed by atoms with Crippen molar-refractivity contribution in [1.82, 2.24) is 14.8 Å². The van der Waals surface area contributed by atoms with Gasteiger partial charge in [0.25, 0.3) is 5.91 Å². The molecule has 5 heteroatoms. The van der Waals surface area contributed by atoms with Gasteiger partial charge >= 0.3 is 0 Å². The van der Waals surface area contributed by atoms with E-state index in [2.05, 4.69) is 23.2 Å². The second-order valence-corrected chi connectivity index (χ2v) is 7.44. The molecule has 1 fully saturated rings. The third-order valence-electron chi connectivity index (χ3n) is 5.49. The lowest BCUT2D eigenvalue weighted by atomic mass is 10.0. The number of aromatic nitrogens is 1. The molecule has 0 saturated carbocycles. The summed E-state index contributed by atoms with van der Waals surface area (Å²) in [7, 11) is 0. The number of carbonyl (C=O) groups is 2. The zero-order valence-corrected chi connectivity index (χ0v) is 16.7. The Balaban J connectivity index is 1.43. The number of rotatable bonds is 4. The zero-order chi connectivity index (χ0) is 20.2. The van der Waals surface area contributed by atoms with Gasteiger partial charge in [0.15, 0.2) is 0 Å². The molecule has 2 amide bonds. The Morgan fingerprint density at radius 3 is 2.28 bits per heavy atom. The van der Waals surface area contributed by atoms with Crippen molar-refractivity contribution in [2.45, 2.75) is 19.8 Å². The predicted molar refractivity (Wildman–Crippen MR) is 115 cm³/mol. The van der Waals surface area contributed by atoms with Crippen molar-refractivity contribution in [3.8, 4) is 11.1 Å². The second kappa shape index (κ2) is 8.43. The Morgan fingerprint density at radius 1 is 0.862 bits per heavy atom. The Bertz CT molecular complexity index is 1020. The van der Waals surface area contributed by atoms with Gasteiger partial charge in [-0.2, -0.15) is 0 Å². The van der Waals surface area contributed by atoms with Gasteiger partial charge in [-0.3, -0.25) is 14.6 Å². The summed E-state index contributed by atoms with van der Waals surface area (Å²) in [5.41, 5.74) is 2.88. The fourth-order valence-corrected chi connectivity index (χ4v) is 3.78. The molecular weight excluding hydrogens is 362 g/mol. The molecule has 2 heterocycles. The largest absolute Gasteiger partial charge is 0.339 e. The number of carbonyl (C=O) groups excluding carboxylic acids is 2. The predicted octanol–water partition coefficient (Wildman–Crippen LogP) is 3.99. The molecule has 0 aliphatic carbocycles. The van der Waals surface area contributed by atoms with Gasteiger partial charge in [0.1, 0.15) is 0 Å². The van der Waals surface area contributed by atoms with Crippen LogP contribution in [0.5, 0.6) is 0 Å². The number of hydrogen-bond acceptors (Lipinski definition) is 3. The Hall–Kier alpha value is -3.21. The smallest absolute Gasteiger partial charge is 0.253 e. The van der Waals surface area contributed by atoms with E-state index in [4.69, 9.17) is 0 Å². The number of benzene rings is 2. The van der Waals surface area contributed by atoms with E-state index in [1.807, 2.05) is 53.3 Å². The van der Waals surface area contributed by atoms with Crippen LogP contribution < -0.4 is 0 Å². The average Bonchev–Trinajstić information content (AvgIpc) is 2.78. The van der Waals surface area contributed by atoms with Gasteiger partial charge in [0.05, 0.1) is 0 Å². The summed E-state index contributed by atoms with van der Waals surface area (Å²) in [5.74, 6) is 0.221. The summed E-state index contributed by atoms with van der Waals surface area (Å²) in [4.78, 5) is 32.7. The minimum absolute atomic E-state index is 0.0312. The van der Waals surface area contributed by atoms with E-state index in [-0.39, 0.29) is 11.8 Å². The first-order valence-corrected chi connectivity index (χ1v) is 10.2. The van der Waals surface area contributed by atoms with Crippen LogP contribution in [-0.2, 0) is 4.79 Å². The molecule has 5 nitrogen and oxygen atoms in total. The average molecular weight is 387 g/mol. The molecule has 3 aromatic rings. The number of amides is 2. The van der Waals surface area contributed by atoms with Gasteiger partial charge in [-0.1, -0.05) is 31.2 Å². The van der Waals surface area contributed by atoms with Gasteiger partial charge in [-0.05, 0) is 47.2 Å². The first-order valence-electron chi connectivity index (χ1n) is 10.2. The molecule has 1 aromatic heterocycles. The van der Waals surface area contributed by atoms with E-state index < -0.39 is 0 Å². The lowest BCUT2D eigenvalue weighted by Gasteiger charge is -2.34. The molecule has 0 radical (unpaired) electrons. The third kappa shape index (κ3) is 4.14. The Morgan fingerprint density at radius 2 is 1.55 bits per heavy atom. The Kier molecular flexibility index (Phi) is 5.56.